The number of halogens is 1. The number of nitrogen functional groups attached to an aromatic ring is 1. The maximum absolute atomic E-state index is 14.9. The molecule has 3 N–H and O–H groups in total. The highest BCUT2D eigenvalue weighted by Gasteiger charge is 2.53. The van der Waals surface area contributed by atoms with Crippen molar-refractivity contribution >= 4 is 28.7 Å². The van der Waals surface area contributed by atoms with E-state index < -0.39 is 17.2 Å². The standard InChI is InChI=1S/C20H28FN3O3S/c1-5-27-14-8-12-11-28-17(24(18(25)26)19(2,3)4)23-20(12,10-14)15-9-13(22)6-7-16(15)21/h6-7,9,12,14H,5,8,10-11,22H2,1-4H3,(H,25,26)/t12-,14+,20-/m0/s1. The molecule has 1 aliphatic heterocycles. The normalized spacial score (nSPS) is 27.2. The fourth-order valence-electron chi connectivity index (χ4n) is 4.23. The predicted octanol–water partition coefficient (Wildman–Crippen LogP) is 4.30. The molecule has 3 rings (SSSR count). The number of ether oxygens (including phenoxy) is 1. The Balaban J connectivity index is 2.16. The molecular weight excluding hydrogens is 381 g/mol. The summed E-state index contributed by atoms with van der Waals surface area (Å²) in [6.45, 7) is 7.97. The second-order valence-electron chi connectivity index (χ2n) is 8.37. The van der Waals surface area contributed by atoms with Gasteiger partial charge in [-0.25, -0.2) is 14.2 Å². The minimum Gasteiger partial charge on any atom is -0.465 e. The van der Waals surface area contributed by atoms with E-state index in [1.807, 2.05) is 27.7 Å². The van der Waals surface area contributed by atoms with Crippen molar-refractivity contribution in [2.45, 2.75) is 57.7 Å². The Morgan fingerprint density at radius 1 is 1.50 bits per heavy atom. The molecule has 1 fully saturated rings. The summed E-state index contributed by atoms with van der Waals surface area (Å²) in [6, 6.07) is 4.52. The van der Waals surface area contributed by atoms with Crippen LogP contribution >= 0.6 is 11.8 Å². The average molecular weight is 410 g/mol. The number of carbonyl (C=O) groups is 1. The number of thioether (sulfide) groups is 1. The third-order valence-electron chi connectivity index (χ3n) is 5.38. The number of anilines is 1. The van der Waals surface area contributed by atoms with Crippen LogP contribution in [0.25, 0.3) is 0 Å². The third-order valence-corrected chi connectivity index (χ3v) is 6.48. The first-order valence-electron chi connectivity index (χ1n) is 9.51. The molecule has 154 valence electrons. The van der Waals surface area contributed by atoms with Crippen LogP contribution in [0.15, 0.2) is 23.2 Å². The van der Waals surface area contributed by atoms with Crippen LogP contribution in [0.2, 0.25) is 0 Å². The summed E-state index contributed by atoms with van der Waals surface area (Å²) in [5, 5.41) is 10.2. The molecule has 0 aromatic heterocycles. The lowest BCUT2D eigenvalue weighted by Crippen LogP contribution is -2.50. The van der Waals surface area contributed by atoms with Gasteiger partial charge in [0.05, 0.1) is 11.6 Å². The van der Waals surface area contributed by atoms with Crippen molar-refractivity contribution in [1.29, 1.82) is 0 Å². The van der Waals surface area contributed by atoms with Crippen LogP contribution in [0.5, 0.6) is 0 Å². The first kappa shape index (κ1) is 20.9. The lowest BCUT2D eigenvalue weighted by atomic mass is 9.81. The second kappa shape index (κ2) is 7.55. The molecule has 0 unspecified atom stereocenters. The van der Waals surface area contributed by atoms with Crippen molar-refractivity contribution in [3.63, 3.8) is 0 Å². The van der Waals surface area contributed by atoms with Gasteiger partial charge in [-0.15, -0.1) is 0 Å². The van der Waals surface area contributed by atoms with E-state index in [-0.39, 0.29) is 17.8 Å². The molecule has 1 aromatic rings. The predicted molar refractivity (Wildman–Crippen MR) is 110 cm³/mol. The Hall–Kier alpha value is -1.80. The van der Waals surface area contributed by atoms with Crippen LogP contribution in [-0.4, -0.2) is 45.3 Å². The zero-order valence-electron chi connectivity index (χ0n) is 16.7. The van der Waals surface area contributed by atoms with E-state index in [0.29, 0.717) is 35.2 Å². The molecule has 28 heavy (non-hydrogen) atoms. The fourth-order valence-corrected chi connectivity index (χ4v) is 5.70. The number of nitrogens with two attached hydrogens (primary N) is 1. The number of fused-ring (bicyclic) bond motifs is 1. The minimum absolute atomic E-state index is 0.0460. The van der Waals surface area contributed by atoms with E-state index in [4.69, 9.17) is 15.5 Å². The molecule has 1 aliphatic carbocycles. The van der Waals surface area contributed by atoms with Crippen molar-refractivity contribution in [2.75, 3.05) is 18.1 Å². The lowest BCUT2D eigenvalue weighted by Gasteiger charge is -2.41. The van der Waals surface area contributed by atoms with E-state index in [1.54, 1.807) is 6.07 Å². The number of carboxylic acid groups (broad SMARTS) is 1. The Bertz CT molecular complexity index is 795. The molecule has 0 bridgehead atoms. The van der Waals surface area contributed by atoms with Gasteiger partial charge in [0.1, 0.15) is 5.82 Å². The SMILES string of the molecule is CCO[C@@H]1C[C@H]2CSC(N(C(=O)O)C(C)(C)C)=N[C@@]2(c2cc(N)ccc2F)C1. The quantitative estimate of drug-likeness (QED) is 0.727. The zero-order valence-corrected chi connectivity index (χ0v) is 17.6. The van der Waals surface area contributed by atoms with E-state index in [0.717, 1.165) is 6.42 Å². The first-order valence-corrected chi connectivity index (χ1v) is 10.5. The molecule has 6 nitrogen and oxygen atoms in total. The smallest absolute Gasteiger partial charge is 0.413 e. The van der Waals surface area contributed by atoms with Crippen molar-refractivity contribution in [2.24, 2.45) is 10.9 Å². The maximum Gasteiger partial charge on any atom is 0.413 e. The number of nitrogens with zero attached hydrogens (tertiary/aromatic N) is 2. The van der Waals surface area contributed by atoms with Gasteiger partial charge in [0.2, 0.25) is 0 Å². The van der Waals surface area contributed by atoms with E-state index in [2.05, 4.69) is 0 Å². The van der Waals surface area contributed by atoms with Crippen molar-refractivity contribution in [3.8, 4) is 0 Å². The number of hydrogen-bond acceptors (Lipinski definition) is 5. The van der Waals surface area contributed by atoms with E-state index in [1.165, 1.54) is 28.8 Å². The number of hydrogen-bond donors (Lipinski definition) is 2. The molecule has 1 amide bonds. The maximum atomic E-state index is 14.9. The highest BCUT2D eigenvalue weighted by molar-refractivity contribution is 8.13. The third kappa shape index (κ3) is 3.72. The van der Waals surface area contributed by atoms with Gasteiger partial charge in [-0.1, -0.05) is 11.8 Å². The second-order valence-corrected chi connectivity index (χ2v) is 9.36. The molecule has 2 aliphatic rings. The van der Waals surface area contributed by atoms with Gasteiger partial charge in [0.25, 0.3) is 0 Å². The van der Waals surface area contributed by atoms with Gasteiger partial charge < -0.3 is 15.6 Å². The van der Waals surface area contributed by atoms with Crippen LogP contribution in [-0.2, 0) is 10.3 Å². The Labute approximate surface area is 169 Å². The molecule has 1 heterocycles. The van der Waals surface area contributed by atoms with Crippen LogP contribution in [0, 0.1) is 11.7 Å². The lowest BCUT2D eigenvalue weighted by molar-refractivity contribution is 0.0629. The molecule has 1 saturated carbocycles. The summed E-state index contributed by atoms with van der Waals surface area (Å²) in [4.78, 5) is 18.2. The molecule has 8 heteroatoms. The summed E-state index contributed by atoms with van der Waals surface area (Å²) < 4.78 is 20.8. The number of aliphatic imine (C=N–C) groups is 1. The van der Waals surface area contributed by atoms with Crippen LogP contribution in [0.4, 0.5) is 14.9 Å². The monoisotopic (exact) mass is 409 g/mol. The minimum atomic E-state index is -1.07. The number of rotatable bonds is 3. The van der Waals surface area contributed by atoms with Gasteiger partial charge in [-0.3, -0.25) is 4.90 Å². The topological polar surface area (TPSA) is 88.1 Å². The zero-order chi connectivity index (χ0) is 20.7. The number of benzene rings is 1. The number of amidine groups is 1. The molecule has 1 aromatic carbocycles. The van der Waals surface area contributed by atoms with Crippen molar-refractivity contribution in [3.05, 3.63) is 29.6 Å². The van der Waals surface area contributed by atoms with Gasteiger partial charge in [0.15, 0.2) is 5.17 Å². The van der Waals surface area contributed by atoms with Gasteiger partial charge in [-0.05, 0) is 52.3 Å². The molecule has 0 spiro atoms. The van der Waals surface area contributed by atoms with Crippen LogP contribution in [0.3, 0.4) is 0 Å². The highest BCUT2D eigenvalue weighted by Crippen LogP contribution is 2.53. The fraction of sp³-hybridized carbons (Fsp3) is 0.600. The largest absolute Gasteiger partial charge is 0.465 e. The van der Waals surface area contributed by atoms with Gasteiger partial charge >= 0.3 is 6.09 Å². The summed E-state index contributed by atoms with van der Waals surface area (Å²) in [5.74, 6) is 0.324. The molecule has 0 radical (unpaired) electrons. The van der Waals surface area contributed by atoms with Gasteiger partial charge in [-0.2, -0.15) is 0 Å². The van der Waals surface area contributed by atoms with Crippen molar-refractivity contribution in [1.82, 2.24) is 4.90 Å². The van der Waals surface area contributed by atoms with Crippen molar-refractivity contribution < 1.29 is 19.0 Å². The summed E-state index contributed by atoms with van der Waals surface area (Å²) in [7, 11) is 0. The van der Waals surface area contributed by atoms with E-state index in [9.17, 15) is 14.3 Å². The van der Waals surface area contributed by atoms with Crippen LogP contribution < -0.4 is 5.73 Å². The highest BCUT2D eigenvalue weighted by atomic mass is 32.2. The number of amides is 1. The Morgan fingerprint density at radius 3 is 2.82 bits per heavy atom. The molecule has 0 saturated heterocycles. The van der Waals surface area contributed by atoms with Crippen LogP contribution in [0.1, 0.15) is 46.1 Å². The van der Waals surface area contributed by atoms with Gasteiger partial charge in [0, 0.05) is 41.5 Å². The Kier molecular flexibility index (Phi) is 5.64. The molecule has 3 atom stereocenters. The summed E-state index contributed by atoms with van der Waals surface area (Å²) >= 11 is 1.41. The Morgan fingerprint density at radius 2 is 2.21 bits per heavy atom. The summed E-state index contributed by atoms with van der Waals surface area (Å²) in [6.07, 6.45) is 0.148. The average Bonchev–Trinajstić information content (AvgIpc) is 2.94. The molecular formula is C20H28FN3O3S. The van der Waals surface area contributed by atoms with E-state index >= 15 is 0 Å². The first-order chi connectivity index (χ1) is 13.1. The summed E-state index contributed by atoms with van der Waals surface area (Å²) in [5.41, 5.74) is 5.31.